The van der Waals surface area contributed by atoms with Crippen molar-refractivity contribution in [2.75, 3.05) is 26.2 Å². The summed E-state index contributed by atoms with van der Waals surface area (Å²) in [5, 5.41) is 0. The SMILES string of the molecule is O=C(c1cccc(-c2cnccn2)c1)N1CCCN(Cc2cccnc2)CC1. The first-order valence-corrected chi connectivity index (χ1v) is 9.56. The van der Waals surface area contributed by atoms with Gasteiger partial charge in [0.15, 0.2) is 0 Å². The average molecular weight is 373 g/mol. The zero-order chi connectivity index (χ0) is 19.2. The van der Waals surface area contributed by atoms with Crippen LogP contribution in [0.5, 0.6) is 0 Å². The molecule has 28 heavy (non-hydrogen) atoms. The molecule has 1 amide bonds. The van der Waals surface area contributed by atoms with Gasteiger partial charge < -0.3 is 4.90 Å². The molecule has 0 spiro atoms. The van der Waals surface area contributed by atoms with Gasteiger partial charge in [-0.05, 0) is 30.2 Å². The van der Waals surface area contributed by atoms with E-state index >= 15 is 0 Å². The van der Waals surface area contributed by atoms with Crippen LogP contribution in [0.25, 0.3) is 11.3 Å². The van der Waals surface area contributed by atoms with Gasteiger partial charge in [-0.1, -0.05) is 18.2 Å². The summed E-state index contributed by atoms with van der Waals surface area (Å²) in [5.74, 6) is 0.0777. The molecule has 6 heteroatoms. The van der Waals surface area contributed by atoms with Crippen LogP contribution in [0.2, 0.25) is 0 Å². The number of rotatable bonds is 4. The summed E-state index contributed by atoms with van der Waals surface area (Å²) in [4.78, 5) is 30.0. The van der Waals surface area contributed by atoms with E-state index in [4.69, 9.17) is 0 Å². The lowest BCUT2D eigenvalue weighted by molar-refractivity contribution is 0.0761. The predicted octanol–water partition coefficient (Wildman–Crippen LogP) is 2.89. The first-order chi connectivity index (χ1) is 13.8. The van der Waals surface area contributed by atoms with Crippen molar-refractivity contribution in [1.82, 2.24) is 24.8 Å². The monoisotopic (exact) mass is 373 g/mol. The predicted molar refractivity (Wildman–Crippen MR) is 108 cm³/mol. The molecule has 1 fully saturated rings. The van der Waals surface area contributed by atoms with Gasteiger partial charge >= 0.3 is 0 Å². The first-order valence-electron chi connectivity index (χ1n) is 9.56. The molecule has 6 nitrogen and oxygen atoms in total. The van der Waals surface area contributed by atoms with Crippen LogP contribution in [-0.4, -0.2) is 56.8 Å². The van der Waals surface area contributed by atoms with Crippen molar-refractivity contribution in [1.29, 1.82) is 0 Å². The van der Waals surface area contributed by atoms with Gasteiger partial charge in [0.05, 0.1) is 11.9 Å². The molecular weight excluding hydrogens is 350 g/mol. The van der Waals surface area contributed by atoms with E-state index in [0.717, 1.165) is 50.4 Å². The van der Waals surface area contributed by atoms with Gasteiger partial charge in [-0.25, -0.2) is 0 Å². The summed E-state index contributed by atoms with van der Waals surface area (Å²) < 4.78 is 0. The maximum atomic E-state index is 13.1. The molecule has 3 heterocycles. The van der Waals surface area contributed by atoms with Crippen LogP contribution in [0.15, 0.2) is 67.4 Å². The van der Waals surface area contributed by atoms with E-state index in [2.05, 4.69) is 25.9 Å². The minimum Gasteiger partial charge on any atom is -0.337 e. The second-order valence-electron chi connectivity index (χ2n) is 6.95. The van der Waals surface area contributed by atoms with E-state index < -0.39 is 0 Å². The summed E-state index contributed by atoms with van der Waals surface area (Å²) in [7, 11) is 0. The largest absolute Gasteiger partial charge is 0.337 e. The zero-order valence-corrected chi connectivity index (χ0v) is 15.7. The highest BCUT2D eigenvalue weighted by Gasteiger charge is 2.20. The summed E-state index contributed by atoms with van der Waals surface area (Å²) in [6.45, 7) is 4.23. The van der Waals surface area contributed by atoms with Crippen molar-refractivity contribution < 1.29 is 4.79 Å². The van der Waals surface area contributed by atoms with Crippen LogP contribution < -0.4 is 0 Å². The molecule has 3 aromatic rings. The molecule has 1 aromatic carbocycles. The van der Waals surface area contributed by atoms with E-state index in [1.165, 1.54) is 5.56 Å². The van der Waals surface area contributed by atoms with Gasteiger partial charge in [0.25, 0.3) is 5.91 Å². The Morgan fingerprint density at radius 2 is 1.86 bits per heavy atom. The van der Waals surface area contributed by atoms with Crippen molar-refractivity contribution >= 4 is 5.91 Å². The number of nitrogens with zero attached hydrogens (tertiary/aromatic N) is 5. The third-order valence-corrected chi connectivity index (χ3v) is 4.97. The molecule has 0 aliphatic carbocycles. The van der Waals surface area contributed by atoms with Crippen LogP contribution in [0.3, 0.4) is 0 Å². The van der Waals surface area contributed by atoms with Gasteiger partial charge in [0, 0.05) is 68.6 Å². The lowest BCUT2D eigenvalue weighted by atomic mass is 10.1. The Kier molecular flexibility index (Phi) is 5.68. The van der Waals surface area contributed by atoms with E-state index in [1.54, 1.807) is 24.8 Å². The number of amides is 1. The molecule has 0 bridgehead atoms. The topological polar surface area (TPSA) is 62.2 Å². The molecule has 0 N–H and O–H groups in total. The number of benzene rings is 1. The normalized spacial score (nSPS) is 15.2. The van der Waals surface area contributed by atoms with Crippen LogP contribution in [0.4, 0.5) is 0 Å². The van der Waals surface area contributed by atoms with E-state index in [-0.39, 0.29) is 5.91 Å². The molecule has 2 aromatic heterocycles. The van der Waals surface area contributed by atoms with Gasteiger partial charge in [-0.2, -0.15) is 0 Å². The number of pyridine rings is 1. The Balaban J connectivity index is 1.43. The minimum absolute atomic E-state index is 0.0777. The number of aromatic nitrogens is 3. The highest BCUT2D eigenvalue weighted by molar-refractivity contribution is 5.95. The molecule has 0 radical (unpaired) electrons. The van der Waals surface area contributed by atoms with Crippen LogP contribution in [-0.2, 0) is 6.54 Å². The van der Waals surface area contributed by atoms with Crippen molar-refractivity contribution in [3.05, 3.63) is 78.5 Å². The van der Waals surface area contributed by atoms with Crippen molar-refractivity contribution in [3.8, 4) is 11.3 Å². The maximum absolute atomic E-state index is 13.1. The quantitative estimate of drug-likeness (QED) is 0.704. The molecule has 0 saturated carbocycles. The fraction of sp³-hybridized carbons (Fsp3) is 0.273. The van der Waals surface area contributed by atoms with Gasteiger partial charge in [0.1, 0.15) is 0 Å². The van der Waals surface area contributed by atoms with Gasteiger partial charge in [-0.3, -0.25) is 24.6 Å². The maximum Gasteiger partial charge on any atom is 0.253 e. The Morgan fingerprint density at radius 1 is 0.929 bits per heavy atom. The fourth-order valence-electron chi connectivity index (χ4n) is 3.52. The average Bonchev–Trinajstić information content (AvgIpc) is 3.00. The third kappa shape index (κ3) is 4.40. The van der Waals surface area contributed by atoms with Crippen LogP contribution in [0, 0.1) is 0 Å². The van der Waals surface area contributed by atoms with Gasteiger partial charge in [-0.15, -0.1) is 0 Å². The Hall–Kier alpha value is -3.12. The minimum atomic E-state index is 0.0777. The van der Waals surface area contributed by atoms with Crippen molar-refractivity contribution in [2.24, 2.45) is 0 Å². The molecule has 1 aliphatic rings. The molecule has 1 saturated heterocycles. The molecule has 142 valence electrons. The zero-order valence-electron chi connectivity index (χ0n) is 15.7. The fourth-order valence-corrected chi connectivity index (χ4v) is 3.52. The second-order valence-corrected chi connectivity index (χ2v) is 6.95. The molecule has 4 rings (SSSR count). The molecule has 0 unspecified atom stereocenters. The lowest BCUT2D eigenvalue weighted by Crippen LogP contribution is -2.35. The second kappa shape index (κ2) is 8.71. The first kappa shape index (κ1) is 18.3. The summed E-state index contributed by atoms with van der Waals surface area (Å²) >= 11 is 0. The van der Waals surface area contributed by atoms with Crippen molar-refractivity contribution in [3.63, 3.8) is 0 Å². The Morgan fingerprint density at radius 3 is 2.68 bits per heavy atom. The smallest absolute Gasteiger partial charge is 0.253 e. The number of carbonyl (C=O) groups excluding carboxylic acids is 1. The highest BCUT2D eigenvalue weighted by Crippen LogP contribution is 2.19. The van der Waals surface area contributed by atoms with Crippen molar-refractivity contribution in [2.45, 2.75) is 13.0 Å². The number of hydrogen-bond acceptors (Lipinski definition) is 5. The summed E-state index contributed by atoms with van der Waals surface area (Å²) in [6.07, 6.45) is 9.69. The third-order valence-electron chi connectivity index (χ3n) is 4.97. The summed E-state index contributed by atoms with van der Waals surface area (Å²) in [5.41, 5.74) is 3.59. The van der Waals surface area contributed by atoms with E-state index in [9.17, 15) is 4.79 Å². The molecule has 1 aliphatic heterocycles. The number of hydrogen-bond donors (Lipinski definition) is 0. The highest BCUT2D eigenvalue weighted by atomic mass is 16.2. The van der Waals surface area contributed by atoms with Crippen LogP contribution >= 0.6 is 0 Å². The Bertz CT molecular complexity index is 916. The molecule has 0 atom stereocenters. The molecular formula is C22H23N5O. The van der Waals surface area contributed by atoms with E-state index in [1.807, 2.05) is 41.4 Å². The standard InChI is InChI=1S/C22H23N5O/c28-22(20-6-1-5-19(14-20)21-16-24-8-9-25-21)27-11-3-10-26(12-13-27)17-18-4-2-7-23-15-18/h1-2,4-9,14-16H,3,10-13,17H2. The van der Waals surface area contributed by atoms with Gasteiger partial charge in [0.2, 0.25) is 0 Å². The number of carbonyl (C=O) groups is 1. The van der Waals surface area contributed by atoms with E-state index in [0.29, 0.717) is 5.56 Å². The summed E-state index contributed by atoms with van der Waals surface area (Å²) in [6, 6.07) is 11.7. The lowest BCUT2D eigenvalue weighted by Gasteiger charge is -2.22. The van der Waals surface area contributed by atoms with Crippen LogP contribution in [0.1, 0.15) is 22.3 Å². The Labute approximate surface area is 164 Å².